The fourth-order valence-corrected chi connectivity index (χ4v) is 2.66. The first-order valence-electron chi connectivity index (χ1n) is 7.20. The third kappa shape index (κ3) is 2.90. The van der Waals surface area contributed by atoms with Gasteiger partial charge in [-0.1, -0.05) is 0 Å². The molecule has 3 rings (SSSR count). The molecule has 0 spiro atoms. The average molecular weight is 276 g/mol. The van der Waals surface area contributed by atoms with E-state index < -0.39 is 5.97 Å². The minimum absolute atomic E-state index is 0.256. The number of aromatic nitrogens is 2. The maximum Gasteiger partial charge on any atom is 0.358 e. The molecular formula is C14H20N4O2. The Morgan fingerprint density at radius 1 is 1.40 bits per heavy atom. The van der Waals surface area contributed by atoms with Crippen LogP contribution in [0.5, 0.6) is 0 Å². The first kappa shape index (κ1) is 13.3. The molecule has 1 N–H and O–H groups in total. The van der Waals surface area contributed by atoms with Crippen LogP contribution in [0.15, 0.2) is 12.1 Å². The molecule has 6 nitrogen and oxygen atoms in total. The number of carbonyl (C=O) groups is 1. The van der Waals surface area contributed by atoms with Crippen molar-refractivity contribution in [1.82, 2.24) is 15.5 Å². The van der Waals surface area contributed by atoms with Gasteiger partial charge in [0.15, 0.2) is 11.5 Å². The summed E-state index contributed by atoms with van der Waals surface area (Å²) >= 11 is 0. The fraction of sp³-hybridized carbons (Fsp3) is 0.643. The number of hydrogen-bond donors (Lipinski definition) is 1. The smallest absolute Gasteiger partial charge is 0.358 e. The Labute approximate surface area is 118 Å². The normalized spacial score (nSPS) is 21.8. The maximum atomic E-state index is 11.4. The molecule has 2 heterocycles. The molecule has 0 amide bonds. The van der Waals surface area contributed by atoms with Gasteiger partial charge in [0.2, 0.25) is 0 Å². The quantitative estimate of drug-likeness (QED) is 0.809. The Morgan fingerprint density at radius 2 is 2.25 bits per heavy atom. The zero-order valence-electron chi connectivity index (χ0n) is 11.7. The maximum absolute atomic E-state index is 11.4. The SMILES string of the molecule is COC(=O)c1ccc(N(CC2CCCN2)C2CC2)nn1. The van der Waals surface area contributed by atoms with Gasteiger partial charge in [-0.05, 0) is 44.4 Å². The van der Waals surface area contributed by atoms with Crippen LogP contribution in [0.4, 0.5) is 5.82 Å². The molecule has 0 aromatic carbocycles. The zero-order valence-corrected chi connectivity index (χ0v) is 11.7. The van der Waals surface area contributed by atoms with Crippen LogP contribution >= 0.6 is 0 Å². The Bertz CT molecular complexity index is 467. The summed E-state index contributed by atoms with van der Waals surface area (Å²) in [5, 5.41) is 11.7. The molecule has 1 aromatic rings. The third-order valence-corrected chi connectivity index (χ3v) is 3.91. The molecule has 20 heavy (non-hydrogen) atoms. The zero-order chi connectivity index (χ0) is 13.9. The summed E-state index contributed by atoms with van der Waals surface area (Å²) in [6.07, 6.45) is 4.90. The minimum atomic E-state index is -0.445. The Hall–Kier alpha value is -1.69. The van der Waals surface area contributed by atoms with E-state index in [0.29, 0.717) is 12.1 Å². The van der Waals surface area contributed by atoms with Gasteiger partial charge < -0.3 is 15.0 Å². The van der Waals surface area contributed by atoms with Gasteiger partial charge in [-0.25, -0.2) is 4.79 Å². The summed E-state index contributed by atoms with van der Waals surface area (Å²) in [6.45, 7) is 2.08. The van der Waals surface area contributed by atoms with Crippen LogP contribution in [0.2, 0.25) is 0 Å². The van der Waals surface area contributed by atoms with Gasteiger partial charge in [0.1, 0.15) is 0 Å². The van der Waals surface area contributed by atoms with Gasteiger partial charge in [-0.3, -0.25) is 0 Å². The molecule has 1 atom stereocenters. The second-order valence-corrected chi connectivity index (χ2v) is 5.45. The van der Waals surface area contributed by atoms with E-state index in [9.17, 15) is 4.79 Å². The van der Waals surface area contributed by atoms with E-state index in [-0.39, 0.29) is 5.69 Å². The first-order chi connectivity index (χ1) is 9.78. The average Bonchev–Trinajstić information content (AvgIpc) is 3.21. The lowest BCUT2D eigenvalue weighted by Crippen LogP contribution is -2.39. The second kappa shape index (κ2) is 5.75. The van der Waals surface area contributed by atoms with Crippen LogP contribution in [-0.4, -0.2) is 48.4 Å². The van der Waals surface area contributed by atoms with E-state index in [1.54, 1.807) is 6.07 Å². The van der Waals surface area contributed by atoms with Gasteiger partial charge in [0.25, 0.3) is 0 Å². The number of esters is 1. The van der Waals surface area contributed by atoms with E-state index in [1.165, 1.54) is 32.8 Å². The van der Waals surface area contributed by atoms with Crippen LogP contribution in [0.3, 0.4) is 0 Å². The van der Waals surface area contributed by atoms with E-state index in [0.717, 1.165) is 18.9 Å². The Morgan fingerprint density at radius 3 is 2.80 bits per heavy atom. The minimum Gasteiger partial charge on any atom is -0.464 e. The lowest BCUT2D eigenvalue weighted by Gasteiger charge is -2.26. The number of nitrogens with zero attached hydrogens (tertiary/aromatic N) is 3. The second-order valence-electron chi connectivity index (χ2n) is 5.45. The summed E-state index contributed by atoms with van der Waals surface area (Å²) in [4.78, 5) is 13.7. The van der Waals surface area contributed by atoms with Crippen LogP contribution in [-0.2, 0) is 4.74 Å². The molecule has 1 aliphatic heterocycles. The largest absolute Gasteiger partial charge is 0.464 e. The van der Waals surface area contributed by atoms with E-state index in [4.69, 9.17) is 0 Å². The molecule has 2 fully saturated rings. The third-order valence-electron chi connectivity index (χ3n) is 3.91. The lowest BCUT2D eigenvalue weighted by atomic mass is 10.2. The molecular weight excluding hydrogens is 256 g/mol. The Balaban J connectivity index is 1.71. The molecule has 1 unspecified atom stereocenters. The van der Waals surface area contributed by atoms with E-state index in [2.05, 4.69) is 25.2 Å². The molecule has 108 valence electrons. The van der Waals surface area contributed by atoms with Crippen LogP contribution in [0.25, 0.3) is 0 Å². The predicted octanol–water partition coefficient (Wildman–Crippen LogP) is 0.984. The van der Waals surface area contributed by atoms with Crippen molar-refractivity contribution in [3.63, 3.8) is 0 Å². The number of hydrogen-bond acceptors (Lipinski definition) is 6. The molecule has 0 bridgehead atoms. The molecule has 1 saturated heterocycles. The highest BCUT2D eigenvalue weighted by molar-refractivity contribution is 5.86. The number of anilines is 1. The topological polar surface area (TPSA) is 67.3 Å². The van der Waals surface area contributed by atoms with Crippen LogP contribution in [0.1, 0.15) is 36.2 Å². The predicted molar refractivity (Wildman–Crippen MR) is 74.8 cm³/mol. The monoisotopic (exact) mass is 276 g/mol. The number of carbonyl (C=O) groups excluding carboxylic acids is 1. The van der Waals surface area contributed by atoms with Crippen LogP contribution in [0, 0.1) is 0 Å². The standard InChI is InChI=1S/C14H20N4O2/c1-20-14(19)12-6-7-13(17-16-12)18(11-4-5-11)9-10-3-2-8-15-10/h6-7,10-11,15H,2-5,8-9H2,1H3. The van der Waals surface area contributed by atoms with Crippen molar-refractivity contribution in [3.05, 3.63) is 17.8 Å². The van der Waals surface area contributed by atoms with Gasteiger partial charge in [0, 0.05) is 18.6 Å². The van der Waals surface area contributed by atoms with Crippen molar-refractivity contribution < 1.29 is 9.53 Å². The van der Waals surface area contributed by atoms with Gasteiger partial charge in [-0.15, -0.1) is 10.2 Å². The summed E-state index contributed by atoms with van der Waals surface area (Å²) in [5.41, 5.74) is 0.256. The van der Waals surface area contributed by atoms with Crippen molar-refractivity contribution in [3.8, 4) is 0 Å². The Kier molecular flexibility index (Phi) is 3.82. The van der Waals surface area contributed by atoms with Gasteiger partial charge >= 0.3 is 5.97 Å². The van der Waals surface area contributed by atoms with Crippen LogP contribution < -0.4 is 10.2 Å². The highest BCUT2D eigenvalue weighted by Crippen LogP contribution is 2.31. The summed E-state index contributed by atoms with van der Waals surface area (Å²) in [7, 11) is 1.35. The number of methoxy groups -OCH3 is 1. The van der Waals surface area contributed by atoms with Crippen molar-refractivity contribution in [2.24, 2.45) is 0 Å². The first-order valence-corrected chi connectivity index (χ1v) is 7.20. The molecule has 2 aliphatic rings. The van der Waals surface area contributed by atoms with E-state index >= 15 is 0 Å². The van der Waals surface area contributed by atoms with Crippen molar-refractivity contribution >= 4 is 11.8 Å². The van der Waals surface area contributed by atoms with Crippen molar-refractivity contribution in [2.75, 3.05) is 25.1 Å². The highest BCUT2D eigenvalue weighted by Gasteiger charge is 2.32. The number of nitrogens with one attached hydrogen (secondary N) is 1. The molecule has 1 aliphatic carbocycles. The lowest BCUT2D eigenvalue weighted by molar-refractivity contribution is 0.0592. The van der Waals surface area contributed by atoms with Crippen molar-refractivity contribution in [2.45, 2.75) is 37.8 Å². The summed E-state index contributed by atoms with van der Waals surface area (Å²) < 4.78 is 4.64. The summed E-state index contributed by atoms with van der Waals surface area (Å²) in [6, 6.07) is 4.67. The highest BCUT2D eigenvalue weighted by atomic mass is 16.5. The van der Waals surface area contributed by atoms with Gasteiger partial charge in [0.05, 0.1) is 7.11 Å². The fourth-order valence-electron chi connectivity index (χ4n) is 2.66. The van der Waals surface area contributed by atoms with Gasteiger partial charge in [-0.2, -0.15) is 0 Å². The molecule has 1 aromatic heterocycles. The molecule has 6 heteroatoms. The molecule has 0 radical (unpaired) electrons. The summed E-state index contributed by atoms with van der Waals surface area (Å²) in [5.74, 6) is 0.410. The number of rotatable bonds is 5. The van der Waals surface area contributed by atoms with Crippen molar-refractivity contribution in [1.29, 1.82) is 0 Å². The van der Waals surface area contributed by atoms with E-state index in [1.807, 2.05) is 6.07 Å². The number of ether oxygens (including phenoxy) is 1. The molecule has 1 saturated carbocycles.